The van der Waals surface area contributed by atoms with Gasteiger partial charge in [0.15, 0.2) is 0 Å². The Balaban J connectivity index is 2.22. The van der Waals surface area contributed by atoms with Crippen LogP contribution in [0.2, 0.25) is 0 Å². The highest BCUT2D eigenvalue weighted by Gasteiger charge is 2.23. The monoisotopic (exact) mass is 282 g/mol. The minimum Gasteiger partial charge on any atom is -0.468 e. The lowest BCUT2D eigenvalue weighted by atomic mass is 10.2. The maximum Gasteiger partial charge on any atom is 0.242 e. The smallest absolute Gasteiger partial charge is 0.242 e. The van der Waals surface area contributed by atoms with Crippen LogP contribution in [0.1, 0.15) is 11.8 Å². The van der Waals surface area contributed by atoms with Crippen LogP contribution >= 0.6 is 0 Å². The largest absolute Gasteiger partial charge is 0.468 e. The van der Waals surface area contributed by atoms with E-state index >= 15 is 0 Å². The zero-order valence-electron chi connectivity index (χ0n) is 10.3. The molecule has 0 saturated heterocycles. The summed E-state index contributed by atoms with van der Waals surface area (Å²) >= 11 is 0. The molecule has 1 atom stereocenters. The number of methoxy groups -OCH3 is 1. The van der Waals surface area contributed by atoms with Crippen molar-refractivity contribution in [2.24, 2.45) is 0 Å². The molecule has 7 heteroatoms. The van der Waals surface area contributed by atoms with Crippen molar-refractivity contribution < 1.29 is 17.6 Å². The molecule has 0 spiro atoms. The maximum absolute atomic E-state index is 12.2. The van der Waals surface area contributed by atoms with E-state index in [1.807, 2.05) is 0 Å². The van der Waals surface area contributed by atoms with Gasteiger partial charge in [0, 0.05) is 19.5 Å². The van der Waals surface area contributed by atoms with Crippen molar-refractivity contribution in [3.8, 4) is 0 Å². The Hall–Kier alpha value is -1.70. The van der Waals surface area contributed by atoms with E-state index in [1.165, 1.54) is 31.8 Å². The first kappa shape index (κ1) is 13.7. The number of pyridine rings is 1. The summed E-state index contributed by atoms with van der Waals surface area (Å²) in [6.45, 7) is 0.174. The Bertz CT molecular complexity index is 596. The van der Waals surface area contributed by atoms with E-state index < -0.39 is 16.1 Å². The number of rotatable bonds is 6. The lowest BCUT2D eigenvalue weighted by Crippen LogP contribution is -2.31. The summed E-state index contributed by atoms with van der Waals surface area (Å²) in [5, 5.41) is 0. The molecule has 0 radical (unpaired) electrons. The van der Waals surface area contributed by atoms with Gasteiger partial charge in [0.05, 0.1) is 12.9 Å². The van der Waals surface area contributed by atoms with E-state index in [2.05, 4.69) is 9.71 Å². The lowest BCUT2D eigenvalue weighted by Gasteiger charge is -2.15. The zero-order valence-corrected chi connectivity index (χ0v) is 11.1. The topological polar surface area (TPSA) is 81.4 Å². The molecule has 2 aromatic heterocycles. The minimum absolute atomic E-state index is 0.0997. The van der Waals surface area contributed by atoms with Gasteiger partial charge in [-0.1, -0.05) is 0 Å². The van der Waals surface area contributed by atoms with Crippen molar-refractivity contribution >= 4 is 10.0 Å². The Morgan fingerprint density at radius 2 is 2.26 bits per heavy atom. The standard InChI is InChI=1S/C12H14N2O4S/c1-17-9-11(12-5-3-7-18-12)14-19(15,16)10-4-2-6-13-8-10/h2-8,11,14H,9H2,1H3. The van der Waals surface area contributed by atoms with Crippen LogP contribution in [0.3, 0.4) is 0 Å². The van der Waals surface area contributed by atoms with E-state index in [1.54, 1.807) is 18.2 Å². The predicted molar refractivity (Wildman–Crippen MR) is 67.9 cm³/mol. The Morgan fingerprint density at radius 3 is 2.84 bits per heavy atom. The van der Waals surface area contributed by atoms with E-state index in [9.17, 15) is 8.42 Å². The van der Waals surface area contributed by atoms with E-state index in [0.29, 0.717) is 5.76 Å². The van der Waals surface area contributed by atoms with Gasteiger partial charge in [-0.25, -0.2) is 8.42 Å². The highest BCUT2D eigenvalue weighted by Crippen LogP contribution is 2.17. The van der Waals surface area contributed by atoms with Gasteiger partial charge in [-0.2, -0.15) is 4.72 Å². The zero-order chi connectivity index (χ0) is 13.7. The minimum atomic E-state index is -3.66. The van der Waals surface area contributed by atoms with Gasteiger partial charge in [0.1, 0.15) is 16.7 Å². The van der Waals surface area contributed by atoms with E-state index in [0.717, 1.165) is 0 Å². The summed E-state index contributed by atoms with van der Waals surface area (Å²) in [6, 6.07) is 5.84. The third kappa shape index (κ3) is 3.40. The molecule has 0 amide bonds. The number of ether oxygens (including phenoxy) is 1. The van der Waals surface area contributed by atoms with Crippen LogP contribution in [0.25, 0.3) is 0 Å². The fourth-order valence-corrected chi connectivity index (χ4v) is 2.74. The van der Waals surface area contributed by atoms with Crippen LogP contribution in [0.5, 0.6) is 0 Å². The predicted octanol–water partition coefficient (Wildman–Crippen LogP) is 1.34. The van der Waals surface area contributed by atoms with Gasteiger partial charge in [-0.3, -0.25) is 4.98 Å². The maximum atomic E-state index is 12.2. The summed E-state index contributed by atoms with van der Waals surface area (Å²) < 4.78 is 37.1. The van der Waals surface area contributed by atoms with Crippen molar-refractivity contribution in [2.75, 3.05) is 13.7 Å². The average molecular weight is 282 g/mol. The number of nitrogens with one attached hydrogen (secondary N) is 1. The molecule has 0 aliphatic carbocycles. The summed E-state index contributed by atoms with van der Waals surface area (Å²) in [6.07, 6.45) is 4.28. The first-order chi connectivity index (χ1) is 9.13. The van der Waals surface area contributed by atoms with Gasteiger partial charge in [0.25, 0.3) is 0 Å². The van der Waals surface area contributed by atoms with Crippen molar-refractivity contribution in [1.29, 1.82) is 0 Å². The van der Waals surface area contributed by atoms with E-state index in [-0.39, 0.29) is 11.5 Å². The normalized spacial score (nSPS) is 13.3. The van der Waals surface area contributed by atoms with Crippen molar-refractivity contribution in [2.45, 2.75) is 10.9 Å². The lowest BCUT2D eigenvalue weighted by molar-refractivity contribution is 0.166. The third-order valence-electron chi connectivity index (χ3n) is 2.46. The molecule has 2 rings (SSSR count). The summed E-state index contributed by atoms with van der Waals surface area (Å²) in [7, 11) is -2.17. The molecule has 0 saturated carbocycles. The van der Waals surface area contributed by atoms with Crippen LogP contribution in [0.15, 0.2) is 52.2 Å². The quantitative estimate of drug-likeness (QED) is 0.864. The molecule has 6 nitrogen and oxygen atoms in total. The Morgan fingerprint density at radius 1 is 1.42 bits per heavy atom. The first-order valence-electron chi connectivity index (χ1n) is 5.58. The number of sulfonamides is 1. The Kier molecular flexibility index (Phi) is 4.31. The van der Waals surface area contributed by atoms with Crippen molar-refractivity contribution in [1.82, 2.24) is 9.71 Å². The first-order valence-corrected chi connectivity index (χ1v) is 7.06. The number of furan rings is 1. The molecule has 0 aromatic carbocycles. The third-order valence-corrected chi connectivity index (χ3v) is 3.92. The average Bonchev–Trinajstić information content (AvgIpc) is 2.93. The highest BCUT2D eigenvalue weighted by molar-refractivity contribution is 7.89. The molecule has 0 aliphatic heterocycles. The molecule has 2 aromatic rings. The summed E-state index contributed by atoms with van der Waals surface area (Å²) in [5.74, 6) is 0.495. The van der Waals surface area contributed by atoms with Gasteiger partial charge in [-0.05, 0) is 24.3 Å². The molecule has 0 aliphatic rings. The van der Waals surface area contributed by atoms with Crippen LogP contribution in [0.4, 0.5) is 0 Å². The fourth-order valence-electron chi connectivity index (χ4n) is 1.59. The van der Waals surface area contributed by atoms with Crippen molar-refractivity contribution in [3.05, 3.63) is 48.7 Å². The summed E-state index contributed by atoms with van der Waals surface area (Å²) in [4.78, 5) is 3.89. The number of nitrogens with zero attached hydrogens (tertiary/aromatic N) is 1. The van der Waals surface area contributed by atoms with Crippen LogP contribution in [-0.2, 0) is 14.8 Å². The number of aromatic nitrogens is 1. The van der Waals surface area contributed by atoms with Gasteiger partial charge in [-0.15, -0.1) is 0 Å². The molecule has 1 unspecified atom stereocenters. The second-order valence-electron chi connectivity index (χ2n) is 3.83. The molecule has 19 heavy (non-hydrogen) atoms. The van der Waals surface area contributed by atoms with Crippen LogP contribution in [-0.4, -0.2) is 27.1 Å². The molecule has 1 N–H and O–H groups in total. The highest BCUT2D eigenvalue weighted by atomic mass is 32.2. The second kappa shape index (κ2) is 5.96. The SMILES string of the molecule is COCC(NS(=O)(=O)c1cccnc1)c1ccco1. The number of hydrogen-bond donors (Lipinski definition) is 1. The van der Waals surface area contributed by atoms with Crippen LogP contribution < -0.4 is 4.72 Å². The van der Waals surface area contributed by atoms with Gasteiger partial charge < -0.3 is 9.15 Å². The Labute approximate surface area is 111 Å². The van der Waals surface area contributed by atoms with Gasteiger partial charge in [0.2, 0.25) is 10.0 Å². The molecule has 0 fully saturated rings. The second-order valence-corrected chi connectivity index (χ2v) is 5.55. The fraction of sp³-hybridized carbons (Fsp3) is 0.250. The van der Waals surface area contributed by atoms with E-state index in [4.69, 9.17) is 9.15 Å². The van der Waals surface area contributed by atoms with Crippen molar-refractivity contribution in [3.63, 3.8) is 0 Å². The molecular formula is C12H14N2O4S. The summed E-state index contributed by atoms with van der Waals surface area (Å²) in [5.41, 5.74) is 0. The molecule has 102 valence electrons. The van der Waals surface area contributed by atoms with Gasteiger partial charge >= 0.3 is 0 Å². The van der Waals surface area contributed by atoms with Crippen LogP contribution in [0, 0.1) is 0 Å². The number of hydrogen-bond acceptors (Lipinski definition) is 5. The molecule has 0 bridgehead atoms. The molecule has 2 heterocycles. The molecular weight excluding hydrogens is 268 g/mol.